The molecule has 0 fully saturated rings. The molecule has 0 amide bonds. The van der Waals surface area contributed by atoms with Gasteiger partial charge < -0.3 is 0 Å². The van der Waals surface area contributed by atoms with E-state index in [4.69, 9.17) is 10.4 Å². The third kappa shape index (κ3) is 2.55. The van der Waals surface area contributed by atoms with Crippen LogP contribution in [0.5, 0.6) is 0 Å². The molecule has 18 heavy (non-hydrogen) atoms. The van der Waals surface area contributed by atoms with Gasteiger partial charge in [-0.25, -0.2) is 27.3 Å². The largest absolute Gasteiger partial charge is 0.298 e. The minimum absolute atomic E-state index is 0.294. The van der Waals surface area contributed by atoms with Gasteiger partial charge in [0, 0.05) is 6.07 Å². The second kappa shape index (κ2) is 4.59. The van der Waals surface area contributed by atoms with E-state index in [-0.39, 0.29) is 0 Å². The van der Waals surface area contributed by atoms with E-state index in [1.807, 2.05) is 0 Å². The number of aromatic nitrogens is 1. The van der Waals surface area contributed by atoms with Crippen LogP contribution in [0.15, 0.2) is 11.0 Å². The summed E-state index contributed by atoms with van der Waals surface area (Å²) in [6, 6.07) is 1.53. The Morgan fingerprint density at radius 1 is 1.56 bits per heavy atom. The highest BCUT2D eigenvalue weighted by molar-refractivity contribution is 7.89. The molecule has 1 aromatic rings. The van der Waals surface area contributed by atoms with Gasteiger partial charge in [0.2, 0.25) is 10.0 Å². The summed E-state index contributed by atoms with van der Waals surface area (Å²) < 4.78 is 47.0. The predicted octanol–water partition coefficient (Wildman–Crippen LogP) is 0.446. The third-order valence-corrected chi connectivity index (χ3v) is 2.74. The molecule has 0 unspecified atom stereocenters. The normalized spacial score (nSPS) is 11.3. The summed E-state index contributed by atoms with van der Waals surface area (Å²) in [7, 11) is -4.48. The van der Waals surface area contributed by atoms with Crippen molar-refractivity contribution in [2.24, 2.45) is 5.14 Å². The highest BCUT2D eigenvalue weighted by Gasteiger charge is 2.29. The van der Waals surface area contributed by atoms with Gasteiger partial charge >= 0.3 is 0 Å². The second-order valence-electron chi connectivity index (χ2n) is 2.95. The van der Waals surface area contributed by atoms with Crippen LogP contribution < -0.4 is 5.14 Å². The van der Waals surface area contributed by atoms with Gasteiger partial charge in [0.1, 0.15) is 11.0 Å². The number of halogens is 2. The number of nitro groups is 1. The first-order valence-electron chi connectivity index (χ1n) is 4.09. The first-order chi connectivity index (χ1) is 8.18. The predicted molar refractivity (Wildman–Crippen MR) is 51.9 cm³/mol. The average molecular weight is 278 g/mol. The lowest BCUT2D eigenvalue weighted by Gasteiger charge is -2.05. The molecule has 0 radical (unpaired) electrons. The van der Waals surface area contributed by atoms with Gasteiger partial charge in [0.15, 0.2) is 11.4 Å². The monoisotopic (exact) mass is 278 g/mol. The first kappa shape index (κ1) is 13.9. The molecule has 96 valence electrons. The number of sulfonamides is 1. The molecule has 0 atom stereocenters. The van der Waals surface area contributed by atoms with Crippen LogP contribution in [0.4, 0.5) is 14.5 Å². The fourth-order valence-electron chi connectivity index (χ4n) is 1.10. The van der Waals surface area contributed by atoms with E-state index in [9.17, 15) is 27.3 Å². The Morgan fingerprint density at radius 3 is 2.44 bits per heavy atom. The molecule has 1 heterocycles. The number of nitrogens with two attached hydrogens (primary N) is 1. The molecule has 2 N–H and O–H groups in total. The zero-order valence-corrected chi connectivity index (χ0v) is 9.19. The molecule has 0 spiro atoms. The Bertz CT molecular complexity index is 652. The zero-order chi connectivity index (χ0) is 14.1. The summed E-state index contributed by atoms with van der Waals surface area (Å²) in [6.45, 7) is 0. The Hall–Kier alpha value is -2.19. The number of hydrogen-bond donors (Lipinski definition) is 1. The molecule has 8 nitrogen and oxygen atoms in total. The number of rotatable bonds is 3. The van der Waals surface area contributed by atoms with E-state index in [0.717, 1.165) is 0 Å². The fourth-order valence-corrected chi connectivity index (χ4v) is 1.74. The lowest BCUT2D eigenvalue weighted by atomic mass is 10.2. The van der Waals surface area contributed by atoms with Crippen LogP contribution in [0.1, 0.15) is 17.8 Å². The Labute approximate surface area is 98.9 Å². The maximum absolute atomic E-state index is 12.5. The van der Waals surface area contributed by atoms with Gasteiger partial charge in [-0.15, -0.1) is 0 Å². The molecule has 1 rings (SSSR count). The maximum atomic E-state index is 12.5. The van der Waals surface area contributed by atoms with Crippen LogP contribution in [0.3, 0.4) is 0 Å². The van der Waals surface area contributed by atoms with Crippen molar-refractivity contribution < 1.29 is 22.1 Å². The van der Waals surface area contributed by atoms with Crippen LogP contribution in [-0.2, 0) is 10.0 Å². The number of alkyl halides is 2. The SMILES string of the molecule is N#Cc1nc(C(F)F)c([N+](=O)[O-])cc1S(N)(=O)=O. The van der Waals surface area contributed by atoms with E-state index < -0.39 is 43.3 Å². The van der Waals surface area contributed by atoms with Crippen molar-refractivity contribution in [2.75, 3.05) is 0 Å². The van der Waals surface area contributed by atoms with Crippen LogP contribution in [0, 0.1) is 21.4 Å². The van der Waals surface area contributed by atoms with Crippen LogP contribution in [-0.4, -0.2) is 18.3 Å². The van der Waals surface area contributed by atoms with E-state index in [2.05, 4.69) is 4.98 Å². The van der Waals surface area contributed by atoms with Crippen LogP contribution in [0.25, 0.3) is 0 Å². The molecule has 0 bridgehead atoms. The summed E-state index contributed by atoms with van der Waals surface area (Å²) >= 11 is 0. The summed E-state index contributed by atoms with van der Waals surface area (Å²) in [4.78, 5) is 11.3. The van der Waals surface area contributed by atoms with Crippen molar-refractivity contribution in [1.82, 2.24) is 4.98 Å². The van der Waals surface area contributed by atoms with Crippen LogP contribution >= 0.6 is 0 Å². The third-order valence-electron chi connectivity index (χ3n) is 1.81. The molecular weight excluding hydrogens is 274 g/mol. The van der Waals surface area contributed by atoms with Gasteiger partial charge in [-0.1, -0.05) is 0 Å². The molecule has 0 aliphatic carbocycles. The van der Waals surface area contributed by atoms with Gasteiger partial charge in [-0.2, -0.15) is 5.26 Å². The molecule has 11 heteroatoms. The van der Waals surface area contributed by atoms with Gasteiger partial charge in [-0.05, 0) is 0 Å². The number of primary sulfonamides is 1. The Morgan fingerprint density at radius 2 is 2.11 bits per heavy atom. The molecule has 0 saturated heterocycles. The quantitative estimate of drug-likeness (QED) is 0.628. The Kier molecular flexibility index (Phi) is 3.54. The minimum Gasteiger partial charge on any atom is -0.258 e. The number of hydrogen-bond acceptors (Lipinski definition) is 6. The molecule has 0 aliphatic rings. The van der Waals surface area contributed by atoms with E-state index in [1.165, 1.54) is 6.07 Å². The lowest BCUT2D eigenvalue weighted by molar-refractivity contribution is -0.386. The van der Waals surface area contributed by atoms with E-state index >= 15 is 0 Å². The first-order valence-corrected chi connectivity index (χ1v) is 5.63. The van der Waals surface area contributed by atoms with Gasteiger partial charge in [0.25, 0.3) is 12.1 Å². The maximum Gasteiger partial charge on any atom is 0.298 e. The lowest BCUT2D eigenvalue weighted by Crippen LogP contribution is -2.16. The zero-order valence-electron chi connectivity index (χ0n) is 8.37. The smallest absolute Gasteiger partial charge is 0.258 e. The van der Waals surface area contributed by atoms with Crippen molar-refractivity contribution in [3.63, 3.8) is 0 Å². The molecule has 1 aromatic heterocycles. The highest BCUT2D eigenvalue weighted by Crippen LogP contribution is 2.30. The van der Waals surface area contributed by atoms with Crippen LogP contribution in [0.2, 0.25) is 0 Å². The highest BCUT2D eigenvalue weighted by atomic mass is 32.2. The van der Waals surface area contributed by atoms with Crippen molar-refractivity contribution in [3.8, 4) is 6.07 Å². The summed E-state index contributed by atoms with van der Waals surface area (Å²) in [6.07, 6.45) is -3.33. The molecule has 0 saturated carbocycles. The molecule has 0 aromatic carbocycles. The summed E-state index contributed by atoms with van der Waals surface area (Å²) in [5.74, 6) is 0. The average Bonchev–Trinajstić information content (AvgIpc) is 2.25. The van der Waals surface area contributed by atoms with Crippen molar-refractivity contribution in [3.05, 3.63) is 27.6 Å². The number of nitrogens with zero attached hydrogens (tertiary/aromatic N) is 3. The fraction of sp³-hybridized carbons (Fsp3) is 0.143. The molecule has 0 aliphatic heterocycles. The minimum atomic E-state index is -4.48. The standard InChI is InChI=1S/C7H4F2N4O4S/c8-7(9)6-4(13(14)15)1-5(18(11,16)17)3(2-10)12-6/h1,7H,(H2,11,16,17). The number of nitriles is 1. The van der Waals surface area contributed by atoms with Crippen molar-refractivity contribution in [2.45, 2.75) is 11.3 Å². The summed E-state index contributed by atoms with van der Waals surface area (Å²) in [5, 5.41) is 23.8. The summed E-state index contributed by atoms with van der Waals surface area (Å²) in [5.41, 5.74) is -3.42. The van der Waals surface area contributed by atoms with Crippen molar-refractivity contribution in [1.29, 1.82) is 5.26 Å². The topological polar surface area (TPSA) is 140 Å². The second-order valence-corrected chi connectivity index (χ2v) is 4.48. The molecular formula is C7H4F2N4O4S. The van der Waals surface area contributed by atoms with Gasteiger partial charge in [0.05, 0.1) is 4.92 Å². The Balaban J connectivity index is 3.75. The van der Waals surface area contributed by atoms with E-state index in [1.54, 1.807) is 0 Å². The van der Waals surface area contributed by atoms with Gasteiger partial charge in [-0.3, -0.25) is 10.1 Å². The number of pyridine rings is 1. The van der Waals surface area contributed by atoms with E-state index in [0.29, 0.717) is 6.07 Å². The van der Waals surface area contributed by atoms with Crippen molar-refractivity contribution >= 4 is 15.7 Å².